The fraction of sp³-hybridized carbons (Fsp3) is 0.158. The standard InChI is InChI=1S/C19H16F3NO4S3/c1-29(24,25)15-6-2-4-12(11-15)16-9-8-14(28-16)10-13-5-3-7-17(30(23,26)27)18(13)19(20,21)22/h2-9,11H,10H2,1H3,(H2,23,26,27). The predicted molar refractivity (Wildman–Crippen MR) is 108 cm³/mol. The largest absolute Gasteiger partial charge is 0.417 e. The number of halogens is 3. The molecular formula is C19H16F3NO4S3. The molecule has 0 saturated heterocycles. The van der Waals surface area contributed by atoms with E-state index in [1.54, 1.807) is 24.3 Å². The first-order valence-electron chi connectivity index (χ1n) is 8.38. The maximum Gasteiger partial charge on any atom is 0.417 e. The van der Waals surface area contributed by atoms with Crippen molar-refractivity contribution < 1.29 is 30.0 Å². The van der Waals surface area contributed by atoms with Gasteiger partial charge >= 0.3 is 6.18 Å². The zero-order valence-corrected chi connectivity index (χ0v) is 17.9. The predicted octanol–water partition coefficient (Wildman–Crippen LogP) is 4.08. The van der Waals surface area contributed by atoms with Crippen LogP contribution in [-0.4, -0.2) is 23.1 Å². The van der Waals surface area contributed by atoms with Gasteiger partial charge in [0.1, 0.15) is 0 Å². The molecule has 1 heterocycles. The van der Waals surface area contributed by atoms with Crippen molar-refractivity contribution in [2.24, 2.45) is 5.14 Å². The summed E-state index contributed by atoms with van der Waals surface area (Å²) in [6, 6.07) is 12.8. The lowest BCUT2D eigenvalue weighted by Crippen LogP contribution is -2.20. The molecule has 2 N–H and O–H groups in total. The number of hydrogen-bond acceptors (Lipinski definition) is 5. The first-order chi connectivity index (χ1) is 13.8. The van der Waals surface area contributed by atoms with Gasteiger partial charge < -0.3 is 0 Å². The van der Waals surface area contributed by atoms with Crippen LogP contribution in [0.1, 0.15) is 16.0 Å². The van der Waals surface area contributed by atoms with E-state index in [-0.39, 0.29) is 16.9 Å². The Morgan fingerprint density at radius 3 is 2.23 bits per heavy atom. The summed E-state index contributed by atoms with van der Waals surface area (Å²) < 4.78 is 87.6. The fourth-order valence-corrected chi connectivity index (χ4v) is 5.47. The number of benzene rings is 2. The zero-order chi connectivity index (χ0) is 22.3. The van der Waals surface area contributed by atoms with Crippen LogP contribution in [0.15, 0.2) is 64.4 Å². The second kappa shape index (κ2) is 7.80. The Labute approximate surface area is 176 Å². The van der Waals surface area contributed by atoms with E-state index in [0.29, 0.717) is 15.3 Å². The lowest BCUT2D eigenvalue weighted by molar-refractivity contribution is -0.140. The molecule has 2 aromatic carbocycles. The maximum atomic E-state index is 13.6. The summed E-state index contributed by atoms with van der Waals surface area (Å²) in [7, 11) is -7.97. The Morgan fingerprint density at radius 2 is 1.63 bits per heavy atom. The van der Waals surface area contributed by atoms with Gasteiger partial charge in [-0.15, -0.1) is 11.3 Å². The Bertz CT molecular complexity index is 1310. The molecule has 11 heteroatoms. The van der Waals surface area contributed by atoms with E-state index >= 15 is 0 Å². The normalized spacial score (nSPS) is 12.8. The minimum Gasteiger partial charge on any atom is -0.225 e. The molecule has 0 aliphatic rings. The molecular weight excluding hydrogens is 459 g/mol. The molecule has 3 aromatic rings. The number of hydrogen-bond donors (Lipinski definition) is 1. The van der Waals surface area contributed by atoms with Crippen molar-refractivity contribution in [2.45, 2.75) is 22.4 Å². The highest BCUT2D eigenvalue weighted by Crippen LogP contribution is 2.38. The van der Waals surface area contributed by atoms with Crippen LogP contribution < -0.4 is 5.14 Å². The number of sulfone groups is 1. The number of thiophene rings is 1. The summed E-state index contributed by atoms with van der Waals surface area (Å²) in [5.41, 5.74) is -0.877. The van der Waals surface area contributed by atoms with E-state index in [9.17, 15) is 30.0 Å². The number of primary sulfonamides is 1. The molecule has 30 heavy (non-hydrogen) atoms. The SMILES string of the molecule is CS(=O)(=O)c1cccc(-c2ccc(Cc3cccc(S(N)(=O)=O)c3C(F)(F)F)s2)c1. The van der Waals surface area contributed by atoms with E-state index in [1.165, 1.54) is 35.6 Å². The van der Waals surface area contributed by atoms with Crippen LogP contribution in [0, 0.1) is 0 Å². The van der Waals surface area contributed by atoms with Gasteiger partial charge in [0, 0.05) is 22.4 Å². The lowest BCUT2D eigenvalue weighted by Gasteiger charge is -2.16. The third-order valence-electron chi connectivity index (χ3n) is 4.28. The molecule has 160 valence electrons. The molecule has 0 aliphatic carbocycles. The van der Waals surface area contributed by atoms with Crippen LogP contribution in [-0.2, 0) is 32.5 Å². The van der Waals surface area contributed by atoms with Crippen LogP contribution in [0.2, 0.25) is 0 Å². The number of rotatable bonds is 5. The van der Waals surface area contributed by atoms with E-state index < -0.39 is 36.5 Å². The van der Waals surface area contributed by atoms with Gasteiger partial charge in [-0.2, -0.15) is 13.2 Å². The van der Waals surface area contributed by atoms with Gasteiger partial charge in [0.15, 0.2) is 9.84 Å². The third-order valence-corrected chi connectivity index (χ3v) is 7.47. The van der Waals surface area contributed by atoms with Crippen LogP contribution in [0.5, 0.6) is 0 Å². The van der Waals surface area contributed by atoms with E-state index in [2.05, 4.69) is 0 Å². The average molecular weight is 476 g/mol. The Balaban J connectivity index is 2.02. The first kappa shape index (κ1) is 22.5. The molecule has 0 atom stereocenters. The molecule has 0 amide bonds. The van der Waals surface area contributed by atoms with Crippen LogP contribution in [0.25, 0.3) is 10.4 Å². The van der Waals surface area contributed by atoms with Crippen molar-refractivity contribution in [1.82, 2.24) is 0 Å². The smallest absolute Gasteiger partial charge is 0.225 e. The van der Waals surface area contributed by atoms with Crippen LogP contribution in [0.4, 0.5) is 13.2 Å². The molecule has 0 saturated carbocycles. The van der Waals surface area contributed by atoms with Gasteiger partial charge in [0.2, 0.25) is 10.0 Å². The second-order valence-corrected chi connectivity index (χ2v) is 11.3. The van der Waals surface area contributed by atoms with Crippen molar-refractivity contribution in [2.75, 3.05) is 6.26 Å². The van der Waals surface area contributed by atoms with E-state index in [1.807, 2.05) is 0 Å². The molecule has 0 bridgehead atoms. The van der Waals surface area contributed by atoms with Crippen molar-refractivity contribution in [3.63, 3.8) is 0 Å². The minimum atomic E-state index is -4.90. The summed E-state index contributed by atoms with van der Waals surface area (Å²) in [6.45, 7) is 0. The minimum absolute atomic E-state index is 0.134. The number of alkyl halides is 3. The van der Waals surface area contributed by atoms with Gasteiger partial charge in [-0.05, 0) is 41.5 Å². The molecule has 0 aliphatic heterocycles. The molecule has 1 aromatic heterocycles. The molecule has 0 radical (unpaired) electrons. The van der Waals surface area contributed by atoms with E-state index in [4.69, 9.17) is 5.14 Å². The topological polar surface area (TPSA) is 94.3 Å². The molecule has 3 rings (SSSR count). The van der Waals surface area contributed by atoms with Crippen molar-refractivity contribution >= 4 is 31.2 Å². The maximum absolute atomic E-state index is 13.6. The van der Waals surface area contributed by atoms with Gasteiger partial charge in [-0.25, -0.2) is 22.0 Å². The summed E-state index contributed by atoms with van der Waals surface area (Å²) >= 11 is 1.19. The summed E-state index contributed by atoms with van der Waals surface area (Å²) in [4.78, 5) is 0.388. The lowest BCUT2D eigenvalue weighted by atomic mass is 10.0. The van der Waals surface area contributed by atoms with Crippen molar-refractivity contribution in [3.8, 4) is 10.4 Å². The van der Waals surface area contributed by atoms with Crippen molar-refractivity contribution in [3.05, 3.63) is 70.6 Å². The Kier molecular flexibility index (Phi) is 5.84. The Morgan fingerprint density at radius 1 is 0.967 bits per heavy atom. The van der Waals surface area contributed by atoms with E-state index in [0.717, 1.165) is 12.3 Å². The Hall–Kier alpha value is -2.21. The van der Waals surface area contributed by atoms with Crippen LogP contribution >= 0.6 is 11.3 Å². The van der Waals surface area contributed by atoms with Gasteiger partial charge in [0.25, 0.3) is 0 Å². The monoisotopic (exact) mass is 475 g/mol. The summed E-state index contributed by atoms with van der Waals surface area (Å²) in [5, 5.41) is 4.97. The molecule has 5 nitrogen and oxygen atoms in total. The van der Waals surface area contributed by atoms with Gasteiger partial charge in [-0.1, -0.05) is 24.3 Å². The third kappa shape index (κ3) is 4.91. The highest BCUT2D eigenvalue weighted by molar-refractivity contribution is 7.90. The average Bonchev–Trinajstić information content (AvgIpc) is 3.08. The fourth-order valence-electron chi connectivity index (χ4n) is 2.98. The molecule has 0 fully saturated rings. The summed E-state index contributed by atoms with van der Waals surface area (Å²) in [5.74, 6) is 0. The van der Waals surface area contributed by atoms with Crippen LogP contribution in [0.3, 0.4) is 0 Å². The summed E-state index contributed by atoms with van der Waals surface area (Å²) in [6.07, 6.45) is -3.97. The molecule has 0 spiro atoms. The highest BCUT2D eigenvalue weighted by atomic mass is 32.2. The number of nitrogens with two attached hydrogens (primary N) is 1. The van der Waals surface area contributed by atoms with Gasteiger partial charge in [0.05, 0.1) is 15.4 Å². The quantitative estimate of drug-likeness (QED) is 0.602. The van der Waals surface area contributed by atoms with Crippen molar-refractivity contribution in [1.29, 1.82) is 0 Å². The highest BCUT2D eigenvalue weighted by Gasteiger charge is 2.38. The second-order valence-electron chi connectivity index (χ2n) is 6.58. The first-order valence-corrected chi connectivity index (χ1v) is 12.6. The number of sulfonamides is 1. The van der Waals surface area contributed by atoms with Gasteiger partial charge in [-0.3, -0.25) is 0 Å². The zero-order valence-electron chi connectivity index (χ0n) is 15.5. The molecule has 0 unspecified atom stereocenters.